The molecule has 0 radical (unpaired) electrons. The molecule has 1 amide bonds. The summed E-state index contributed by atoms with van der Waals surface area (Å²) in [4.78, 5) is 20.6. The van der Waals surface area contributed by atoms with Crippen LogP contribution in [-0.4, -0.2) is 22.4 Å². The highest BCUT2D eigenvalue weighted by atomic mass is 32.1. The van der Waals surface area contributed by atoms with Crippen LogP contribution in [0, 0.1) is 6.92 Å². The Morgan fingerprint density at radius 2 is 2.25 bits per heavy atom. The highest BCUT2D eigenvalue weighted by Crippen LogP contribution is 2.16. The Kier molecular flexibility index (Phi) is 5.06. The van der Waals surface area contributed by atoms with Crippen LogP contribution in [0.25, 0.3) is 0 Å². The standard InChI is InChI=1S/C14H18N4OS/c1-3-4-15-12-7-10(2)17-8-11(12)14(19)18-9-13-16-5-6-20-13/h5-8H,3-4,9H2,1-2H3,(H,15,17)(H,18,19). The van der Waals surface area contributed by atoms with Crippen LogP contribution in [0.2, 0.25) is 0 Å². The first-order valence-electron chi connectivity index (χ1n) is 6.57. The summed E-state index contributed by atoms with van der Waals surface area (Å²) in [5.41, 5.74) is 2.29. The Bertz CT molecular complexity index is 569. The Balaban J connectivity index is 2.07. The van der Waals surface area contributed by atoms with Crippen LogP contribution in [0.5, 0.6) is 0 Å². The van der Waals surface area contributed by atoms with Gasteiger partial charge in [0, 0.05) is 30.0 Å². The summed E-state index contributed by atoms with van der Waals surface area (Å²) in [6, 6.07) is 1.90. The van der Waals surface area contributed by atoms with Gasteiger partial charge in [0.05, 0.1) is 17.8 Å². The predicted molar refractivity (Wildman–Crippen MR) is 81.0 cm³/mol. The highest BCUT2D eigenvalue weighted by molar-refractivity contribution is 7.09. The molecular formula is C14H18N4OS. The summed E-state index contributed by atoms with van der Waals surface area (Å²) < 4.78 is 0. The molecule has 2 aromatic rings. The summed E-state index contributed by atoms with van der Waals surface area (Å²) in [6.07, 6.45) is 4.35. The number of carbonyl (C=O) groups excluding carboxylic acids is 1. The van der Waals surface area contributed by atoms with Gasteiger partial charge in [-0.3, -0.25) is 9.78 Å². The molecular weight excluding hydrogens is 272 g/mol. The van der Waals surface area contributed by atoms with E-state index in [0.717, 1.165) is 29.4 Å². The van der Waals surface area contributed by atoms with E-state index in [1.165, 1.54) is 11.3 Å². The molecule has 6 heteroatoms. The maximum atomic E-state index is 12.2. The summed E-state index contributed by atoms with van der Waals surface area (Å²) in [5, 5.41) is 8.91. The van der Waals surface area contributed by atoms with Gasteiger partial charge in [-0.15, -0.1) is 11.3 Å². The lowest BCUT2D eigenvalue weighted by atomic mass is 10.2. The normalized spacial score (nSPS) is 10.3. The van der Waals surface area contributed by atoms with Crippen molar-refractivity contribution in [3.8, 4) is 0 Å². The van der Waals surface area contributed by atoms with Gasteiger partial charge in [-0.1, -0.05) is 6.92 Å². The van der Waals surface area contributed by atoms with Crippen LogP contribution in [-0.2, 0) is 6.54 Å². The number of carbonyl (C=O) groups is 1. The van der Waals surface area contributed by atoms with Crippen LogP contribution < -0.4 is 10.6 Å². The highest BCUT2D eigenvalue weighted by Gasteiger charge is 2.12. The number of thiazole rings is 1. The lowest BCUT2D eigenvalue weighted by molar-refractivity contribution is 0.0951. The van der Waals surface area contributed by atoms with Gasteiger partial charge in [0.2, 0.25) is 0 Å². The number of pyridine rings is 1. The molecule has 5 nitrogen and oxygen atoms in total. The minimum atomic E-state index is -0.133. The summed E-state index contributed by atoms with van der Waals surface area (Å²) in [5.74, 6) is -0.133. The Morgan fingerprint density at radius 3 is 2.95 bits per heavy atom. The molecule has 20 heavy (non-hydrogen) atoms. The molecule has 2 N–H and O–H groups in total. The van der Waals surface area contributed by atoms with Gasteiger partial charge < -0.3 is 10.6 Å². The van der Waals surface area contributed by atoms with Crippen LogP contribution in [0.1, 0.15) is 34.4 Å². The van der Waals surface area contributed by atoms with Gasteiger partial charge in [0.15, 0.2) is 0 Å². The number of aryl methyl sites for hydroxylation is 1. The molecule has 106 valence electrons. The topological polar surface area (TPSA) is 66.9 Å². The van der Waals surface area contributed by atoms with E-state index in [2.05, 4.69) is 27.5 Å². The van der Waals surface area contributed by atoms with Crippen molar-refractivity contribution >= 4 is 22.9 Å². The SMILES string of the molecule is CCCNc1cc(C)ncc1C(=O)NCc1nccs1. The van der Waals surface area contributed by atoms with Crippen molar-refractivity contribution in [2.45, 2.75) is 26.8 Å². The maximum absolute atomic E-state index is 12.2. The van der Waals surface area contributed by atoms with Crippen molar-refractivity contribution in [3.63, 3.8) is 0 Å². The average molecular weight is 290 g/mol. The number of nitrogens with one attached hydrogen (secondary N) is 2. The number of amides is 1. The molecule has 0 saturated heterocycles. The van der Waals surface area contributed by atoms with Gasteiger partial charge in [0.25, 0.3) is 5.91 Å². The van der Waals surface area contributed by atoms with E-state index in [9.17, 15) is 4.79 Å². The molecule has 2 rings (SSSR count). The molecule has 2 heterocycles. The minimum absolute atomic E-state index is 0.133. The molecule has 2 aromatic heterocycles. The van der Waals surface area contributed by atoms with E-state index in [4.69, 9.17) is 0 Å². The lowest BCUT2D eigenvalue weighted by Gasteiger charge is -2.11. The van der Waals surface area contributed by atoms with Crippen molar-refractivity contribution in [1.29, 1.82) is 0 Å². The zero-order chi connectivity index (χ0) is 14.4. The first-order valence-corrected chi connectivity index (χ1v) is 7.45. The monoisotopic (exact) mass is 290 g/mol. The fourth-order valence-corrected chi connectivity index (χ4v) is 2.29. The molecule has 0 atom stereocenters. The van der Waals surface area contributed by atoms with E-state index in [1.807, 2.05) is 18.4 Å². The van der Waals surface area contributed by atoms with E-state index in [-0.39, 0.29) is 5.91 Å². The Labute approximate surface area is 122 Å². The molecule has 0 bridgehead atoms. The first kappa shape index (κ1) is 14.5. The third-order valence-electron chi connectivity index (χ3n) is 2.73. The predicted octanol–water partition coefficient (Wildman–Crippen LogP) is 2.60. The minimum Gasteiger partial charge on any atom is -0.384 e. The van der Waals surface area contributed by atoms with Crippen LogP contribution >= 0.6 is 11.3 Å². The van der Waals surface area contributed by atoms with E-state index < -0.39 is 0 Å². The number of aromatic nitrogens is 2. The summed E-state index contributed by atoms with van der Waals surface area (Å²) >= 11 is 1.52. The lowest BCUT2D eigenvalue weighted by Crippen LogP contribution is -2.24. The fraction of sp³-hybridized carbons (Fsp3) is 0.357. The number of nitrogens with zero attached hydrogens (tertiary/aromatic N) is 2. The molecule has 0 spiro atoms. The zero-order valence-corrected chi connectivity index (χ0v) is 12.5. The van der Waals surface area contributed by atoms with Gasteiger partial charge in [-0.25, -0.2) is 4.98 Å². The molecule has 0 saturated carbocycles. The van der Waals surface area contributed by atoms with Gasteiger partial charge in [0.1, 0.15) is 5.01 Å². The van der Waals surface area contributed by atoms with Crippen molar-refractivity contribution in [1.82, 2.24) is 15.3 Å². The molecule has 0 aliphatic carbocycles. The second-order valence-electron chi connectivity index (χ2n) is 4.41. The van der Waals surface area contributed by atoms with Crippen molar-refractivity contribution < 1.29 is 4.79 Å². The van der Waals surface area contributed by atoms with Crippen LogP contribution in [0.15, 0.2) is 23.8 Å². The van der Waals surface area contributed by atoms with Crippen molar-refractivity contribution in [2.24, 2.45) is 0 Å². The number of hydrogen-bond acceptors (Lipinski definition) is 5. The van der Waals surface area contributed by atoms with Crippen molar-refractivity contribution in [3.05, 3.63) is 40.1 Å². The summed E-state index contributed by atoms with van der Waals surface area (Å²) in [7, 11) is 0. The molecule has 0 fully saturated rings. The third-order valence-corrected chi connectivity index (χ3v) is 3.51. The Morgan fingerprint density at radius 1 is 1.40 bits per heavy atom. The fourth-order valence-electron chi connectivity index (χ4n) is 1.74. The smallest absolute Gasteiger partial charge is 0.255 e. The van der Waals surface area contributed by atoms with E-state index in [1.54, 1.807) is 12.4 Å². The second-order valence-corrected chi connectivity index (χ2v) is 5.39. The van der Waals surface area contributed by atoms with Gasteiger partial charge >= 0.3 is 0 Å². The van der Waals surface area contributed by atoms with Crippen LogP contribution in [0.3, 0.4) is 0 Å². The van der Waals surface area contributed by atoms with Crippen LogP contribution in [0.4, 0.5) is 5.69 Å². The zero-order valence-electron chi connectivity index (χ0n) is 11.6. The van der Waals surface area contributed by atoms with Crippen molar-refractivity contribution in [2.75, 3.05) is 11.9 Å². The summed E-state index contributed by atoms with van der Waals surface area (Å²) in [6.45, 7) is 5.27. The maximum Gasteiger partial charge on any atom is 0.255 e. The van der Waals surface area contributed by atoms with E-state index in [0.29, 0.717) is 12.1 Å². The molecule has 0 aromatic carbocycles. The van der Waals surface area contributed by atoms with Gasteiger partial charge in [-0.05, 0) is 19.4 Å². The van der Waals surface area contributed by atoms with E-state index >= 15 is 0 Å². The Hall–Kier alpha value is -1.95. The third kappa shape index (κ3) is 3.77. The number of anilines is 1. The molecule has 0 aliphatic rings. The molecule has 0 aliphatic heterocycles. The quantitative estimate of drug-likeness (QED) is 0.858. The molecule has 0 unspecified atom stereocenters. The average Bonchev–Trinajstić information content (AvgIpc) is 2.96. The first-order chi connectivity index (χ1) is 9.70. The second kappa shape index (κ2) is 7.00. The largest absolute Gasteiger partial charge is 0.384 e. The van der Waals surface area contributed by atoms with Gasteiger partial charge in [-0.2, -0.15) is 0 Å². The number of hydrogen-bond donors (Lipinski definition) is 2. The number of rotatable bonds is 6.